The number of nitrogens with zero attached hydrogens (tertiary/aromatic N) is 1. The quantitative estimate of drug-likeness (QED) is 0.436. The molecule has 0 aliphatic heterocycles. The minimum absolute atomic E-state index is 0.232. The average molecular weight is 480 g/mol. The molecule has 1 aromatic carbocycles. The molecule has 8 heteroatoms. The molecule has 7 nitrogen and oxygen atoms in total. The van der Waals surface area contributed by atoms with Crippen LogP contribution < -0.4 is 10.6 Å². The highest BCUT2D eigenvalue weighted by Crippen LogP contribution is 2.23. The van der Waals surface area contributed by atoms with Crippen LogP contribution >= 0.6 is 11.8 Å². The zero-order valence-corrected chi connectivity index (χ0v) is 22.0. The lowest BCUT2D eigenvalue weighted by molar-refractivity contribution is -0.140. The number of carbonyl (C=O) groups is 3. The number of alkyl carbamates (subject to hydrolysis) is 1. The number of hydrogen-bond acceptors (Lipinski definition) is 5. The van der Waals surface area contributed by atoms with Crippen LogP contribution in [0.4, 0.5) is 4.79 Å². The van der Waals surface area contributed by atoms with Gasteiger partial charge in [-0.15, -0.1) is 0 Å². The van der Waals surface area contributed by atoms with Crippen molar-refractivity contribution in [3.63, 3.8) is 0 Å². The number of benzene rings is 1. The summed E-state index contributed by atoms with van der Waals surface area (Å²) in [7, 11) is 1.61. The largest absolute Gasteiger partial charge is 0.444 e. The molecule has 0 aliphatic rings. The first-order chi connectivity index (χ1) is 15.5. The molecule has 0 bridgehead atoms. The third kappa shape index (κ3) is 10.1. The van der Waals surface area contributed by atoms with Gasteiger partial charge in [0.2, 0.25) is 11.8 Å². The average Bonchev–Trinajstić information content (AvgIpc) is 2.75. The maximum absolute atomic E-state index is 13.5. The van der Waals surface area contributed by atoms with Crippen molar-refractivity contribution in [2.45, 2.75) is 78.0 Å². The molecule has 2 unspecified atom stereocenters. The van der Waals surface area contributed by atoms with Gasteiger partial charge in [-0.3, -0.25) is 9.59 Å². The van der Waals surface area contributed by atoms with E-state index in [1.54, 1.807) is 39.6 Å². The van der Waals surface area contributed by atoms with E-state index in [-0.39, 0.29) is 11.8 Å². The van der Waals surface area contributed by atoms with Gasteiger partial charge in [0.05, 0.1) is 0 Å². The Balaban J connectivity index is 3.17. The van der Waals surface area contributed by atoms with E-state index in [0.717, 1.165) is 30.4 Å². The Hall–Kier alpha value is -2.22. The Morgan fingerprint density at radius 3 is 2.27 bits per heavy atom. The van der Waals surface area contributed by atoms with Crippen LogP contribution in [0.15, 0.2) is 24.3 Å². The SMILES string of the molecule is CCCCNC(=O)C(c1ccc(CC)cc1)N(C)C(=O)C(CCSC)NC(=O)OC(C)(C)C. The summed E-state index contributed by atoms with van der Waals surface area (Å²) in [5.41, 5.74) is 1.21. The standard InChI is InChI=1S/C25H41N3O4S/c1-8-10-16-26-22(29)21(19-13-11-18(9-2)12-14-19)28(6)23(30)20(15-17-33-7)27-24(31)32-25(3,4)5/h11-14,20-21H,8-10,15-17H2,1-7H3,(H,26,29)(H,27,31). The number of ether oxygens (including phenoxy) is 1. The van der Waals surface area contributed by atoms with Crippen molar-refractivity contribution < 1.29 is 19.1 Å². The van der Waals surface area contributed by atoms with Crippen LogP contribution in [0, 0.1) is 0 Å². The van der Waals surface area contributed by atoms with E-state index in [2.05, 4.69) is 24.5 Å². The molecule has 1 rings (SSSR count). The molecule has 3 amide bonds. The van der Waals surface area contributed by atoms with E-state index in [0.29, 0.717) is 18.7 Å². The van der Waals surface area contributed by atoms with Gasteiger partial charge in [-0.1, -0.05) is 44.5 Å². The van der Waals surface area contributed by atoms with Gasteiger partial charge < -0.3 is 20.3 Å². The molecule has 0 aromatic heterocycles. The van der Waals surface area contributed by atoms with Gasteiger partial charge in [0, 0.05) is 13.6 Å². The molecule has 1 aromatic rings. The fourth-order valence-corrected chi connectivity index (χ4v) is 3.76. The maximum Gasteiger partial charge on any atom is 0.408 e. The Kier molecular flexibility index (Phi) is 12.3. The van der Waals surface area contributed by atoms with Crippen molar-refractivity contribution in [3.8, 4) is 0 Å². The lowest BCUT2D eigenvalue weighted by atomic mass is 10.0. The third-order valence-electron chi connectivity index (χ3n) is 5.12. The second kappa shape index (κ2) is 14.1. The predicted molar refractivity (Wildman–Crippen MR) is 135 cm³/mol. The molecule has 0 aliphatic carbocycles. The summed E-state index contributed by atoms with van der Waals surface area (Å²) in [4.78, 5) is 40.5. The van der Waals surface area contributed by atoms with Crippen molar-refractivity contribution in [2.24, 2.45) is 0 Å². The monoisotopic (exact) mass is 479 g/mol. The molecule has 2 atom stereocenters. The number of aryl methyl sites for hydroxylation is 1. The molecule has 0 saturated carbocycles. The smallest absolute Gasteiger partial charge is 0.408 e. The number of rotatable bonds is 12. The van der Waals surface area contributed by atoms with Gasteiger partial charge in [-0.05, 0) is 63.2 Å². The molecule has 0 fully saturated rings. The number of likely N-dealkylation sites (N-methyl/N-ethyl adjacent to an activating group) is 1. The van der Waals surface area contributed by atoms with Crippen molar-refractivity contribution in [2.75, 3.05) is 25.6 Å². The molecule has 0 spiro atoms. The first-order valence-electron chi connectivity index (χ1n) is 11.7. The summed E-state index contributed by atoms with van der Waals surface area (Å²) in [6.45, 7) is 9.99. The summed E-state index contributed by atoms with van der Waals surface area (Å²) in [5.74, 6) is 0.119. The molecule has 0 radical (unpaired) electrons. The lowest BCUT2D eigenvalue weighted by Crippen LogP contribution is -2.52. The van der Waals surface area contributed by atoms with Gasteiger partial charge in [-0.25, -0.2) is 4.79 Å². The van der Waals surface area contributed by atoms with Crippen LogP contribution in [0.3, 0.4) is 0 Å². The summed E-state index contributed by atoms with van der Waals surface area (Å²) in [5, 5.41) is 5.66. The summed E-state index contributed by atoms with van der Waals surface area (Å²) >= 11 is 1.59. The Labute approximate surface area is 203 Å². The van der Waals surface area contributed by atoms with E-state index < -0.39 is 23.8 Å². The summed E-state index contributed by atoms with van der Waals surface area (Å²) in [6.07, 6.45) is 4.44. The first kappa shape index (κ1) is 28.8. The predicted octanol–water partition coefficient (Wildman–Crippen LogP) is 4.31. The third-order valence-corrected chi connectivity index (χ3v) is 5.76. The number of unbranched alkanes of at least 4 members (excludes halogenated alkanes) is 1. The van der Waals surface area contributed by atoms with Crippen LogP contribution in [0.5, 0.6) is 0 Å². The number of carbonyl (C=O) groups excluding carboxylic acids is 3. The van der Waals surface area contributed by atoms with E-state index >= 15 is 0 Å². The van der Waals surface area contributed by atoms with Crippen LogP contribution in [0.1, 0.15) is 71.0 Å². The van der Waals surface area contributed by atoms with Crippen molar-refractivity contribution >= 4 is 29.7 Å². The van der Waals surface area contributed by atoms with Crippen molar-refractivity contribution in [3.05, 3.63) is 35.4 Å². The molecule has 33 heavy (non-hydrogen) atoms. The van der Waals surface area contributed by atoms with E-state index in [1.165, 1.54) is 4.90 Å². The Morgan fingerprint density at radius 2 is 1.76 bits per heavy atom. The van der Waals surface area contributed by atoms with Gasteiger partial charge >= 0.3 is 6.09 Å². The number of thioether (sulfide) groups is 1. The van der Waals surface area contributed by atoms with Crippen molar-refractivity contribution in [1.29, 1.82) is 0 Å². The first-order valence-corrected chi connectivity index (χ1v) is 13.0. The lowest BCUT2D eigenvalue weighted by Gasteiger charge is -2.31. The van der Waals surface area contributed by atoms with Crippen LogP contribution in [0.25, 0.3) is 0 Å². The normalized spacial score (nSPS) is 13.1. The van der Waals surface area contributed by atoms with Crippen LogP contribution in [0.2, 0.25) is 0 Å². The topological polar surface area (TPSA) is 87.7 Å². The second-order valence-corrected chi connectivity index (χ2v) is 10.1. The summed E-state index contributed by atoms with van der Waals surface area (Å²) in [6, 6.07) is 6.15. The fourth-order valence-electron chi connectivity index (χ4n) is 3.29. The fraction of sp³-hybridized carbons (Fsp3) is 0.640. The van der Waals surface area contributed by atoms with Gasteiger partial charge in [-0.2, -0.15) is 11.8 Å². The molecule has 186 valence electrons. The number of amides is 3. The highest BCUT2D eigenvalue weighted by Gasteiger charge is 2.33. The maximum atomic E-state index is 13.5. The molecular weight excluding hydrogens is 438 g/mol. The van der Waals surface area contributed by atoms with Gasteiger partial charge in [0.25, 0.3) is 0 Å². The second-order valence-electron chi connectivity index (χ2n) is 9.07. The number of hydrogen-bond donors (Lipinski definition) is 2. The Bertz CT molecular complexity index is 762. The zero-order valence-electron chi connectivity index (χ0n) is 21.2. The molecule has 2 N–H and O–H groups in total. The van der Waals surface area contributed by atoms with Crippen molar-refractivity contribution in [1.82, 2.24) is 15.5 Å². The molecular formula is C25H41N3O4S. The molecule has 0 saturated heterocycles. The molecule has 0 heterocycles. The minimum atomic E-state index is -0.794. The van der Waals surface area contributed by atoms with Gasteiger partial charge in [0.1, 0.15) is 17.7 Å². The zero-order chi connectivity index (χ0) is 25.0. The van der Waals surface area contributed by atoms with E-state index in [1.807, 2.05) is 30.5 Å². The number of nitrogens with one attached hydrogen (secondary N) is 2. The van der Waals surface area contributed by atoms with E-state index in [9.17, 15) is 14.4 Å². The highest BCUT2D eigenvalue weighted by molar-refractivity contribution is 7.98. The Morgan fingerprint density at radius 1 is 1.12 bits per heavy atom. The van der Waals surface area contributed by atoms with Crippen LogP contribution in [-0.2, 0) is 20.7 Å². The highest BCUT2D eigenvalue weighted by atomic mass is 32.2. The van der Waals surface area contributed by atoms with E-state index in [4.69, 9.17) is 4.74 Å². The van der Waals surface area contributed by atoms with Gasteiger partial charge in [0.15, 0.2) is 0 Å². The summed E-state index contributed by atoms with van der Waals surface area (Å²) < 4.78 is 5.35. The van der Waals surface area contributed by atoms with Crippen LogP contribution in [-0.4, -0.2) is 60.1 Å². The minimum Gasteiger partial charge on any atom is -0.444 e.